The maximum absolute atomic E-state index is 13.4. The molecule has 0 spiro atoms. The van der Waals surface area contributed by atoms with E-state index in [-0.39, 0.29) is 47.8 Å². The first kappa shape index (κ1) is 28.8. The number of methoxy groups -OCH3 is 2. The summed E-state index contributed by atoms with van der Waals surface area (Å²) in [6.07, 6.45) is 3.34. The Hall–Kier alpha value is -4.16. The molecule has 0 bridgehead atoms. The van der Waals surface area contributed by atoms with Crippen LogP contribution in [-0.2, 0) is 28.7 Å². The first-order chi connectivity index (χ1) is 19.4. The van der Waals surface area contributed by atoms with Gasteiger partial charge in [0.15, 0.2) is 10.3 Å². The molecule has 0 saturated carbocycles. The van der Waals surface area contributed by atoms with Gasteiger partial charge in [-0.2, -0.15) is 0 Å². The zero-order valence-electron chi connectivity index (χ0n) is 21.8. The molecule has 0 aromatic heterocycles. The number of amides is 2. The van der Waals surface area contributed by atoms with Gasteiger partial charge in [-0.3, -0.25) is 29.0 Å². The summed E-state index contributed by atoms with van der Waals surface area (Å²) in [5, 5.41) is 0.648. The van der Waals surface area contributed by atoms with E-state index >= 15 is 0 Å². The third-order valence-electron chi connectivity index (χ3n) is 5.67. The third-order valence-corrected chi connectivity index (χ3v) is 7.57. The molecule has 0 saturated heterocycles. The summed E-state index contributed by atoms with van der Waals surface area (Å²) in [6.45, 7) is 0.167. The van der Waals surface area contributed by atoms with Crippen LogP contribution in [0.4, 0.5) is 0 Å². The lowest BCUT2D eigenvalue weighted by Gasteiger charge is -2.22. The topological polar surface area (TPSA) is 118 Å². The highest BCUT2D eigenvalue weighted by Crippen LogP contribution is 2.27. The van der Waals surface area contributed by atoms with E-state index in [1.165, 1.54) is 24.0 Å². The lowest BCUT2D eigenvalue weighted by Crippen LogP contribution is -2.41. The predicted molar refractivity (Wildman–Crippen MR) is 156 cm³/mol. The van der Waals surface area contributed by atoms with Gasteiger partial charge in [0.2, 0.25) is 0 Å². The van der Waals surface area contributed by atoms with Gasteiger partial charge in [0, 0.05) is 13.1 Å². The van der Waals surface area contributed by atoms with E-state index < -0.39 is 11.9 Å². The van der Waals surface area contributed by atoms with Gasteiger partial charge in [0.25, 0.3) is 11.8 Å². The summed E-state index contributed by atoms with van der Waals surface area (Å²) in [6, 6.07) is 18.6. The molecule has 0 aliphatic carbocycles. The van der Waals surface area contributed by atoms with Gasteiger partial charge in [-0.25, -0.2) is 9.98 Å². The zero-order valence-corrected chi connectivity index (χ0v) is 23.4. The largest absolute Gasteiger partial charge is 0.468 e. The molecule has 2 aliphatic heterocycles. The molecule has 2 aromatic carbocycles. The van der Waals surface area contributed by atoms with Crippen LogP contribution in [0.5, 0.6) is 0 Å². The van der Waals surface area contributed by atoms with Crippen LogP contribution < -0.4 is 0 Å². The minimum absolute atomic E-state index is 0.0357. The Bertz CT molecular complexity index is 1300. The van der Waals surface area contributed by atoms with Gasteiger partial charge in [-0.1, -0.05) is 84.2 Å². The van der Waals surface area contributed by atoms with Crippen LogP contribution in [0.3, 0.4) is 0 Å². The summed E-state index contributed by atoms with van der Waals surface area (Å²) < 4.78 is 9.46. The highest BCUT2D eigenvalue weighted by atomic mass is 32.2. The van der Waals surface area contributed by atoms with E-state index in [4.69, 9.17) is 9.47 Å². The molecule has 2 aromatic rings. The van der Waals surface area contributed by atoms with Gasteiger partial charge in [-0.05, 0) is 23.3 Å². The Balaban J connectivity index is 1.55. The summed E-state index contributed by atoms with van der Waals surface area (Å²) in [5.41, 5.74) is 2.02. The number of aliphatic imine (C=N–C) groups is 2. The summed E-state index contributed by atoms with van der Waals surface area (Å²) in [4.78, 5) is 62.1. The van der Waals surface area contributed by atoms with Crippen molar-refractivity contribution in [3.8, 4) is 0 Å². The van der Waals surface area contributed by atoms with Crippen LogP contribution in [0.25, 0.3) is 12.2 Å². The first-order valence-electron chi connectivity index (χ1n) is 12.1. The molecule has 0 fully saturated rings. The number of amidine groups is 2. The van der Waals surface area contributed by atoms with Crippen LogP contribution in [0, 0.1) is 0 Å². The normalized spacial score (nSPS) is 16.9. The molecule has 4 rings (SSSR count). The van der Waals surface area contributed by atoms with Crippen molar-refractivity contribution in [3.05, 3.63) is 83.2 Å². The monoisotopic (exact) mass is 578 g/mol. The fraction of sp³-hybridized carbons (Fsp3) is 0.214. The number of carbonyl (C=O) groups excluding carboxylic acids is 4. The maximum Gasteiger partial charge on any atom is 0.316 e. The van der Waals surface area contributed by atoms with E-state index in [2.05, 4.69) is 9.98 Å². The van der Waals surface area contributed by atoms with Crippen molar-refractivity contribution in [1.29, 1.82) is 0 Å². The molecular formula is C28H26N4O6S2. The smallest absolute Gasteiger partial charge is 0.316 e. The van der Waals surface area contributed by atoms with E-state index in [9.17, 15) is 19.2 Å². The summed E-state index contributed by atoms with van der Waals surface area (Å²) in [5.74, 6) is -1.70. The Morgan fingerprint density at radius 2 is 1.07 bits per heavy atom. The van der Waals surface area contributed by atoms with Crippen molar-refractivity contribution in [3.63, 3.8) is 0 Å². The fourth-order valence-electron chi connectivity index (χ4n) is 3.65. The van der Waals surface area contributed by atoms with E-state index in [0.717, 1.165) is 34.7 Å². The number of rotatable bonds is 9. The van der Waals surface area contributed by atoms with Gasteiger partial charge < -0.3 is 9.47 Å². The molecule has 10 nitrogen and oxygen atoms in total. The predicted octanol–water partition coefficient (Wildman–Crippen LogP) is 3.28. The number of hydrogen-bond acceptors (Lipinski definition) is 10. The molecule has 2 heterocycles. The van der Waals surface area contributed by atoms with E-state index in [1.807, 2.05) is 60.7 Å². The van der Waals surface area contributed by atoms with Crippen LogP contribution in [0.2, 0.25) is 0 Å². The van der Waals surface area contributed by atoms with Crippen molar-refractivity contribution >= 4 is 69.8 Å². The number of thioether (sulfide) groups is 2. The lowest BCUT2D eigenvalue weighted by molar-refractivity contribution is -0.138. The first-order valence-corrected chi connectivity index (χ1v) is 14.1. The molecular weight excluding hydrogens is 552 g/mol. The quantitative estimate of drug-likeness (QED) is 0.329. The minimum atomic E-state index is -0.459. The molecule has 2 aliphatic rings. The van der Waals surface area contributed by atoms with Crippen molar-refractivity contribution < 1.29 is 28.7 Å². The van der Waals surface area contributed by atoms with Crippen LogP contribution in [0.1, 0.15) is 11.1 Å². The number of benzene rings is 2. The number of carbonyl (C=O) groups is 4. The summed E-state index contributed by atoms with van der Waals surface area (Å²) in [7, 11) is 2.57. The van der Waals surface area contributed by atoms with Gasteiger partial charge in [-0.15, -0.1) is 0 Å². The Morgan fingerprint density at radius 1 is 0.700 bits per heavy atom. The van der Waals surface area contributed by atoms with Crippen LogP contribution in [-0.4, -0.2) is 82.7 Å². The van der Waals surface area contributed by atoms with Crippen LogP contribution >= 0.6 is 23.5 Å². The van der Waals surface area contributed by atoms with Crippen molar-refractivity contribution in [1.82, 2.24) is 9.80 Å². The summed E-state index contributed by atoms with van der Waals surface area (Å²) >= 11 is 2.15. The standard InChI is InChI=1S/C28H26N4O6S2/c1-37-23(33)17-39-27-29-21(15-19-9-5-3-6-10-19)25(35)31(27)13-14-32-26(36)22(16-20-11-7-4-8-12-20)30-28(32)40-18-24(34)38-2/h3-12,15-16H,13-14,17-18H2,1-2H3/b21-15-,22-16-. The molecule has 0 radical (unpaired) electrons. The third kappa shape index (κ3) is 7.27. The molecule has 2 amide bonds. The average Bonchev–Trinajstić information content (AvgIpc) is 3.44. The second-order valence-electron chi connectivity index (χ2n) is 8.31. The highest BCUT2D eigenvalue weighted by molar-refractivity contribution is 8.14. The zero-order chi connectivity index (χ0) is 28.5. The lowest BCUT2D eigenvalue weighted by atomic mass is 10.2. The molecule has 0 atom stereocenters. The SMILES string of the molecule is COC(=O)CSC1=N/C(=C\c2ccccc2)C(=O)N1CCN1C(=O)/C(=C/c2ccccc2)N=C1SCC(=O)OC. The van der Waals surface area contributed by atoms with E-state index in [1.54, 1.807) is 12.2 Å². The molecule has 206 valence electrons. The van der Waals surface area contributed by atoms with Gasteiger partial charge in [0.1, 0.15) is 11.4 Å². The Morgan fingerprint density at radius 3 is 1.43 bits per heavy atom. The van der Waals surface area contributed by atoms with Crippen molar-refractivity contribution in [2.75, 3.05) is 38.8 Å². The number of esters is 2. The average molecular weight is 579 g/mol. The second kappa shape index (κ2) is 13.8. The van der Waals surface area contributed by atoms with Crippen molar-refractivity contribution in [2.45, 2.75) is 0 Å². The van der Waals surface area contributed by atoms with Gasteiger partial charge >= 0.3 is 11.9 Å². The Kier molecular flexibility index (Phi) is 9.92. The molecule has 12 heteroatoms. The Labute approximate surface area is 239 Å². The fourth-order valence-corrected chi connectivity index (χ4v) is 5.37. The van der Waals surface area contributed by atoms with Crippen molar-refractivity contribution in [2.24, 2.45) is 9.98 Å². The number of ether oxygens (including phenoxy) is 2. The van der Waals surface area contributed by atoms with Crippen LogP contribution in [0.15, 0.2) is 82.0 Å². The number of nitrogens with zero attached hydrogens (tertiary/aromatic N) is 4. The maximum atomic E-state index is 13.4. The molecule has 0 N–H and O–H groups in total. The second-order valence-corrected chi connectivity index (χ2v) is 10.2. The minimum Gasteiger partial charge on any atom is -0.468 e. The van der Waals surface area contributed by atoms with E-state index in [0.29, 0.717) is 10.3 Å². The molecule has 40 heavy (non-hydrogen) atoms. The number of hydrogen-bond donors (Lipinski definition) is 0. The van der Waals surface area contributed by atoms with Gasteiger partial charge in [0.05, 0.1) is 25.7 Å². The highest BCUT2D eigenvalue weighted by Gasteiger charge is 2.35. The molecule has 0 unspecified atom stereocenters.